The molecule has 9 nitrogen and oxygen atoms in total. The van der Waals surface area contributed by atoms with Gasteiger partial charge in [-0.15, -0.1) is 0 Å². The van der Waals surface area contributed by atoms with Crippen molar-refractivity contribution in [2.24, 2.45) is 11.7 Å². The highest BCUT2D eigenvalue weighted by molar-refractivity contribution is 7.91. The Hall–Kier alpha value is -3.34. The van der Waals surface area contributed by atoms with Gasteiger partial charge in [-0.2, -0.15) is 5.10 Å². The van der Waals surface area contributed by atoms with Gasteiger partial charge in [0, 0.05) is 24.6 Å². The molecule has 0 bridgehead atoms. The van der Waals surface area contributed by atoms with E-state index < -0.39 is 9.84 Å². The van der Waals surface area contributed by atoms with E-state index in [4.69, 9.17) is 10.7 Å². The summed E-state index contributed by atoms with van der Waals surface area (Å²) in [7, 11) is -3.17. The van der Waals surface area contributed by atoms with Crippen LogP contribution in [0.15, 0.2) is 30.3 Å². The summed E-state index contributed by atoms with van der Waals surface area (Å²) in [5.41, 5.74) is 7.94. The topological polar surface area (TPSA) is 128 Å². The van der Waals surface area contributed by atoms with Crippen LogP contribution in [0.5, 0.6) is 0 Å². The summed E-state index contributed by atoms with van der Waals surface area (Å²) in [6.07, 6.45) is 1.42. The van der Waals surface area contributed by atoms with Crippen molar-refractivity contribution in [1.82, 2.24) is 19.7 Å². The Morgan fingerprint density at radius 3 is 2.40 bits per heavy atom. The molecule has 11 heteroatoms. The van der Waals surface area contributed by atoms with E-state index >= 15 is 0 Å². The van der Waals surface area contributed by atoms with E-state index in [1.807, 2.05) is 0 Å². The van der Waals surface area contributed by atoms with Gasteiger partial charge in [0.1, 0.15) is 5.82 Å². The second-order valence-electron chi connectivity index (χ2n) is 9.32. The first-order chi connectivity index (χ1) is 16.6. The fourth-order valence-corrected chi connectivity index (χ4v) is 6.70. The molecule has 0 unspecified atom stereocenters. The number of pyridine rings is 1. The lowest BCUT2D eigenvalue weighted by Gasteiger charge is -2.30. The third kappa shape index (κ3) is 4.40. The lowest BCUT2D eigenvalue weighted by molar-refractivity contribution is -0.123. The van der Waals surface area contributed by atoms with E-state index in [1.54, 1.807) is 34.7 Å². The fraction of sp³-hybridized carbons (Fsp3) is 0.417. The fourth-order valence-electron chi connectivity index (χ4n) is 5.01. The van der Waals surface area contributed by atoms with Crippen LogP contribution in [0.1, 0.15) is 41.4 Å². The first kappa shape index (κ1) is 23.4. The second-order valence-corrected chi connectivity index (χ2v) is 11.5. The zero-order valence-corrected chi connectivity index (χ0v) is 20.1. The monoisotopic (exact) mass is 499 g/mol. The number of benzene rings is 1. The summed E-state index contributed by atoms with van der Waals surface area (Å²) < 4.78 is 39.5. The molecule has 0 spiro atoms. The second kappa shape index (κ2) is 8.71. The minimum absolute atomic E-state index is 0.0322. The zero-order valence-electron chi connectivity index (χ0n) is 19.3. The number of carbonyl (C=O) groups excluding carboxylic acids is 2. The number of nitrogens with zero attached hydrogens (tertiary/aromatic N) is 4. The van der Waals surface area contributed by atoms with Gasteiger partial charge in [-0.25, -0.2) is 22.5 Å². The van der Waals surface area contributed by atoms with Crippen molar-refractivity contribution < 1.29 is 22.4 Å². The third-order valence-corrected chi connectivity index (χ3v) is 8.70. The number of aryl methyl sites for hydroxylation is 1. The molecule has 5 rings (SSSR count). The molecule has 0 saturated carbocycles. The smallest absolute Gasteiger partial charge is 0.254 e. The molecule has 0 aliphatic carbocycles. The molecule has 2 aromatic heterocycles. The van der Waals surface area contributed by atoms with Gasteiger partial charge in [-0.05, 0) is 56.5 Å². The van der Waals surface area contributed by atoms with Gasteiger partial charge in [0.15, 0.2) is 15.5 Å². The number of amides is 2. The Morgan fingerprint density at radius 2 is 1.80 bits per heavy atom. The zero-order chi connectivity index (χ0) is 24.9. The van der Waals surface area contributed by atoms with Crippen LogP contribution in [0, 0.1) is 18.7 Å². The van der Waals surface area contributed by atoms with Crippen LogP contribution in [0.3, 0.4) is 0 Å². The summed E-state index contributed by atoms with van der Waals surface area (Å²) in [4.78, 5) is 31.7. The van der Waals surface area contributed by atoms with Crippen LogP contribution < -0.4 is 5.73 Å². The molecule has 2 aliphatic heterocycles. The molecular weight excluding hydrogens is 473 g/mol. The number of nitrogens with two attached hydrogens (primary N) is 1. The molecule has 2 fully saturated rings. The molecule has 0 radical (unpaired) electrons. The van der Waals surface area contributed by atoms with Crippen LogP contribution in [0.4, 0.5) is 4.39 Å². The van der Waals surface area contributed by atoms with E-state index in [0.717, 1.165) is 0 Å². The molecule has 184 valence electrons. The lowest BCUT2D eigenvalue weighted by Crippen LogP contribution is -2.41. The summed E-state index contributed by atoms with van der Waals surface area (Å²) in [5, 5.41) is 5.18. The normalized spacial score (nSPS) is 20.4. The molecule has 2 aliphatic rings. The van der Waals surface area contributed by atoms with Gasteiger partial charge in [0.2, 0.25) is 5.91 Å². The van der Waals surface area contributed by atoms with Gasteiger partial charge in [-0.3, -0.25) is 9.59 Å². The number of aromatic nitrogens is 3. The predicted octanol–water partition coefficient (Wildman–Crippen LogP) is 2.24. The highest BCUT2D eigenvalue weighted by Gasteiger charge is 2.34. The summed E-state index contributed by atoms with van der Waals surface area (Å²) in [6, 6.07) is 7.13. The van der Waals surface area contributed by atoms with Crippen molar-refractivity contribution >= 4 is 32.7 Å². The number of fused-ring (bicyclic) bond motifs is 1. The highest BCUT2D eigenvalue weighted by Crippen LogP contribution is 2.33. The average Bonchev–Trinajstić information content (AvgIpc) is 3.37. The Labute approximate surface area is 202 Å². The van der Waals surface area contributed by atoms with Crippen molar-refractivity contribution in [3.8, 4) is 11.3 Å². The first-order valence-electron chi connectivity index (χ1n) is 11.6. The number of carbonyl (C=O) groups is 2. The molecule has 4 heterocycles. The standard InChI is InChI=1S/C24H26FN5O4S/c1-14-21-19(24(32)29-9-6-16(7-10-29)22(26)31)12-20(15-2-4-17(25)5-3-15)27-23(21)30(28-14)18-8-11-35(33,34)13-18/h2-5,12,16,18H,6-11,13H2,1H3,(H2,26,31)/t18-/m1/s1. The first-order valence-corrected chi connectivity index (χ1v) is 13.4. The SMILES string of the molecule is Cc1nn([C@@H]2CCS(=O)(=O)C2)c2nc(-c3ccc(F)cc3)cc(C(=O)N3CCC(C(N)=O)CC3)c12. The molecular formula is C24H26FN5O4S. The van der Waals surface area contributed by atoms with Gasteiger partial charge >= 0.3 is 0 Å². The van der Waals surface area contributed by atoms with E-state index in [2.05, 4.69) is 5.10 Å². The van der Waals surface area contributed by atoms with Crippen LogP contribution in [-0.2, 0) is 14.6 Å². The molecule has 1 aromatic carbocycles. The summed E-state index contributed by atoms with van der Waals surface area (Å²) in [5.74, 6) is -1.16. The average molecular weight is 500 g/mol. The van der Waals surface area contributed by atoms with Crippen molar-refractivity contribution in [3.63, 3.8) is 0 Å². The van der Waals surface area contributed by atoms with Crippen LogP contribution in [0.25, 0.3) is 22.3 Å². The van der Waals surface area contributed by atoms with Gasteiger partial charge in [0.25, 0.3) is 5.91 Å². The van der Waals surface area contributed by atoms with Crippen molar-refractivity contribution in [2.75, 3.05) is 24.6 Å². The molecule has 3 aromatic rings. The Kier molecular flexibility index (Phi) is 5.82. The van der Waals surface area contributed by atoms with E-state index in [1.165, 1.54) is 12.1 Å². The largest absolute Gasteiger partial charge is 0.369 e. The number of piperidine rings is 1. The molecule has 1 atom stereocenters. The van der Waals surface area contributed by atoms with Crippen molar-refractivity contribution in [1.29, 1.82) is 0 Å². The van der Waals surface area contributed by atoms with E-state index in [-0.39, 0.29) is 41.1 Å². The van der Waals surface area contributed by atoms with Gasteiger partial charge in [0.05, 0.1) is 39.9 Å². The lowest BCUT2D eigenvalue weighted by atomic mass is 9.95. The van der Waals surface area contributed by atoms with E-state index in [9.17, 15) is 22.4 Å². The molecule has 2 amide bonds. The minimum atomic E-state index is -3.17. The number of rotatable bonds is 4. The molecule has 35 heavy (non-hydrogen) atoms. The Balaban J connectivity index is 1.62. The van der Waals surface area contributed by atoms with Gasteiger partial charge < -0.3 is 10.6 Å². The van der Waals surface area contributed by atoms with Crippen molar-refractivity contribution in [2.45, 2.75) is 32.2 Å². The maximum absolute atomic E-state index is 13.7. The number of primary amides is 1. The van der Waals surface area contributed by atoms with Crippen LogP contribution >= 0.6 is 0 Å². The van der Waals surface area contributed by atoms with Crippen molar-refractivity contribution in [3.05, 3.63) is 47.4 Å². The quantitative estimate of drug-likeness (QED) is 0.586. The maximum atomic E-state index is 13.7. The number of likely N-dealkylation sites (tertiary alicyclic amines) is 1. The van der Waals surface area contributed by atoms with Gasteiger partial charge in [-0.1, -0.05) is 0 Å². The van der Waals surface area contributed by atoms with Crippen LogP contribution in [0.2, 0.25) is 0 Å². The number of hydrogen-bond acceptors (Lipinski definition) is 6. The summed E-state index contributed by atoms with van der Waals surface area (Å²) in [6.45, 7) is 2.57. The molecule has 2 N–H and O–H groups in total. The third-order valence-electron chi connectivity index (χ3n) is 6.95. The Morgan fingerprint density at radius 1 is 1.11 bits per heavy atom. The number of sulfone groups is 1. The Bertz CT molecular complexity index is 1430. The highest BCUT2D eigenvalue weighted by atomic mass is 32.2. The summed E-state index contributed by atoms with van der Waals surface area (Å²) >= 11 is 0. The molecule has 2 saturated heterocycles. The van der Waals surface area contributed by atoms with E-state index in [0.29, 0.717) is 65.9 Å². The predicted molar refractivity (Wildman–Crippen MR) is 128 cm³/mol. The minimum Gasteiger partial charge on any atom is -0.369 e. The van der Waals surface area contributed by atoms with Crippen LogP contribution in [-0.4, -0.2) is 64.5 Å². The number of halogens is 1. The maximum Gasteiger partial charge on any atom is 0.254 e. The number of hydrogen-bond donors (Lipinski definition) is 1.